The van der Waals surface area contributed by atoms with Gasteiger partial charge >= 0.3 is 0 Å². The zero-order valence-corrected chi connectivity index (χ0v) is 17.2. The van der Waals surface area contributed by atoms with E-state index in [1.807, 2.05) is 24.3 Å². The van der Waals surface area contributed by atoms with Crippen LogP contribution in [0.3, 0.4) is 0 Å². The van der Waals surface area contributed by atoms with E-state index in [1.165, 1.54) is 24.8 Å². The Morgan fingerprint density at radius 2 is 1.70 bits per heavy atom. The molecule has 1 heterocycles. The van der Waals surface area contributed by atoms with Crippen LogP contribution in [0.1, 0.15) is 52.0 Å². The van der Waals surface area contributed by atoms with Gasteiger partial charge in [0.15, 0.2) is 11.6 Å². The molecule has 1 aliphatic carbocycles. The molecular weight excluding hydrogens is 383 g/mol. The lowest BCUT2D eigenvalue weighted by atomic mass is 9.89. The van der Waals surface area contributed by atoms with Gasteiger partial charge in [0.2, 0.25) is 0 Å². The van der Waals surface area contributed by atoms with Crippen molar-refractivity contribution in [2.45, 2.75) is 38.1 Å². The van der Waals surface area contributed by atoms with Gasteiger partial charge in [-0.1, -0.05) is 12.1 Å². The smallest absolute Gasteiger partial charge is 0.253 e. The van der Waals surface area contributed by atoms with Crippen LogP contribution in [0, 0.1) is 11.7 Å². The third-order valence-corrected chi connectivity index (χ3v) is 5.95. The van der Waals surface area contributed by atoms with E-state index in [1.54, 1.807) is 11.0 Å². The van der Waals surface area contributed by atoms with E-state index in [0.717, 1.165) is 32.1 Å². The Morgan fingerprint density at radius 1 is 1.03 bits per heavy atom. The second-order valence-electron chi connectivity index (χ2n) is 8.23. The average molecular weight is 410 g/mol. The van der Waals surface area contributed by atoms with Crippen LogP contribution in [0.25, 0.3) is 0 Å². The molecule has 158 valence electrons. The minimum Gasteiger partial charge on any atom is -0.494 e. The second kappa shape index (κ2) is 8.86. The predicted octanol–water partition coefficient (Wildman–Crippen LogP) is 3.82. The fourth-order valence-corrected chi connectivity index (χ4v) is 3.94. The molecule has 4 rings (SSSR count). The molecule has 0 radical (unpaired) electrons. The van der Waals surface area contributed by atoms with Gasteiger partial charge in [-0.15, -0.1) is 0 Å². The predicted molar refractivity (Wildman–Crippen MR) is 112 cm³/mol. The minimum absolute atomic E-state index is 0.00541. The largest absolute Gasteiger partial charge is 0.494 e. The Kier molecular flexibility index (Phi) is 6.02. The van der Waals surface area contributed by atoms with Crippen molar-refractivity contribution in [3.63, 3.8) is 0 Å². The lowest BCUT2D eigenvalue weighted by Gasteiger charge is -2.32. The summed E-state index contributed by atoms with van der Waals surface area (Å²) in [5.41, 5.74) is 2.27. The topological polar surface area (TPSA) is 58.6 Å². The highest BCUT2D eigenvalue weighted by Crippen LogP contribution is 2.25. The first kappa shape index (κ1) is 20.4. The van der Waals surface area contributed by atoms with E-state index in [4.69, 9.17) is 4.74 Å². The van der Waals surface area contributed by atoms with Gasteiger partial charge in [-0.2, -0.15) is 0 Å². The Balaban J connectivity index is 1.28. The van der Waals surface area contributed by atoms with Crippen molar-refractivity contribution in [1.82, 2.24) is 10.2 Å². The molecule has 6 heteroatoms. The Hall–Kier alpha value is -2.89. The van der Waals surface area contributed by atoms with Crippen LogP contribution >= 0.6 is 0 Å². The number of ether oxygens (including phenoxy) is 1. The van der Waals surface area contributed by atoms with Crippen molar-refractivity contribution < 1.29 is 18.7 Å². The Bertz CT molecular complexity index is 917. The van der Waals surface area contributed by atoms with Gasteiger partial charge in [-0.3, -0.25) is 9.59 Å². The summed E-state index contributed by atoms with van der Waals surface area (Å²) in [7, 11) is 1.40. The molecule has 1 saturated carbocycles. The quantitative estimate of drug-likeness (QED) is 0.788. The Labute approximate surface area is 176 Å². The molecule has 2 amide bonds. The molecule has 2 aliphatic rings. The number of nitrogens with zero attached hydrogens (tertiary/aromatic N) is 1. The van der Waals surface area contributed by atoms with Gasteiger partial charge in [-0.05, 0) is 73.9 Å². The molecule has 5 nitrogen and oxygen atoms in total. The van der Waals surface area contributed by atoms with E-state index in [9.17, 15) is 14.0 Å². The molecule has 1 saturated heterocycles. The first-order chi connectivity index (χ1) is 14.5. The maximum Gasteiger partial charge on any atom is 0.253 e. The highest BCUT2D eigenvalue weighted by atomic mass is 19.1. The number of carbonyl (C=O) groups is 2. The van der Waals surface area contributed by atoms with Gasteiger partial charge in [0, 0.05) is 30.3 Å². The Morgan fingerprint density at radius 3 is 2.30 bits per heavy atom. The van der Waals surface area contributed by atoms with E-state index < -0.39 is 5.82 Å². The van der Waals surface area contributed by atoms with Crippen molar-refractivity contribution in [1.29, 1.82) is 0 Å². The molecule has 2 fully saturated rings. The van der Waals surface area contributed by atoms with Crippen molar-refractivity contribution in [3.8, 4) is 5.75 Å². The molecule has 0 atom stereocenters. The molecule has 0 spiro atoms. The number of likely N-dealkylation sites (tertiary alicyclic amines) is 1. The molecule has 1 N–H and O–H groups in total. The number of piperidine rings is 1. The number of hydrogen-bond acceptors (Lipinski definition) is 3. The number of amides is 2. The fraction of sp³-hybridized carbons (Fsp3) is 0.417. The lowest BCUT2D eigenvalue weighted by Crippen LogP contribution is -2.39. The number of methoxy groups -OCH3 is 1. The van der Waals surface area contributed by atoms with Crippen LogP contribution in [-0.4, -0.2) is 43.0 Å². The number of benzene rings is 2. The summed E-state index contributed by atoms with van der Waals surface area (Å²) in [6.45, 7) is 1.33. The lowest BCUT2D eigenvalue weighted by molar-refractivity contribution is 0.0690. The van der Waals surface area contributed by atoms with Crippen LogP contribution in [0.5, 0.6) is 5.75 Å². The van der Waals surface area contributed by atoms with Gasteiger partial charge in [0.25, 0.3) is 11.8 Å². The summed E-state index contributed by atoms with van der Waals surface area (Å²) >= 11 is 0. The molecule has 30 heavy (non-hydrogen) atoms. The molecule has 2 aromatic rings. The molecule has 2 aromatic carbocycles. The third-order valence-electron chi connectivity index (χ3n) is 5.95. The highest BCUT2D eigenvalue weighted by molar-refractivity contribution is 5.95. The number of nitrogens with one attached hydrogen (secondary N) is 1. The molecule has 0 unspecified atom stereocenters. The normalized spacial score (nSPS) is 16.9. The van der Waals surface area contributed by atoms with Gasteiger partial charge in [0.1, 0.15) is 0 Å². The van der Waals surface area contributed by atoms with Crippen molar-refractivity contribution >= 4 is 11.8 Å². The number of halogens is 1. The fourth-order valence-electron chi connectivity index (χ4n) is 3.94. The number of carbonyl (C=O) groups excluding carboxylic acids is 2. The minimum atomic E-state index is -0.521. The van der Waals surface area contributed by atoms with Crippen LogP contribution in [0.4, 0.5) is 4.39 Å². The summed E-state index contributed by atoms with van der Waals surface area (Å²) in [6, 6.07) is 12.5. The second-order valence-corrected chi connectivity index (χ2v) is 8.23. The number of rotatable bonds is 6. The maximum atomic E-state index is 13.9. The van der Waals surface area contributed by atoms with Crippen LogP contribution in [0.15, 0.2) is 42.5 Å². The highest BCUT2D eigenvalue weighted by Gasteiger charge is 2.25. The average Bonchev–Trinajstić information content (AvgIpc) is 3.58. The van der Waals surface area contributed by atoms with Crippen LogP contribution < -0.4 is 10.1 Å². The molecular formula is C24H27FN2O3. The molecule has 0 aromatic heterocycles. The van der Waals surface area contributed by atoms with Gasteiger partial charge in [0.05, 0.1) is 7.11 Å². The van der Waals surface area contributed by atoms with E-state index in [2.05, 4.69) is 5.32 Å². The van der Waals surface area contributed by atoms with Crippen LogP contribution in [0.2, 0.25) is 0 Å². The first-order valence-electron chi connectivity index (χ1n) is 10.6. The summed E-state index contributed by atoms with van der Waals surface area (Å²) in [5.74, 6) is -0.0199. The van der Waals surface area contributed by atoms with Crippen molar-refractivity contribution in [3.05, 3.63) is 65.0 Å². The van der Waals surface area contributed by atoms with Crippen molar-refractivity contribution in [2.75, 3.05) is 20.2 Å². The summed E-state index contributed by atoms with van der Waals surface area (Å²) in [5, 5.41) is 3.00. The maximum absolute atomic E-state index is 13.9. The van der Waals surface area contributed by atoms with Gasteiger partial charge in [-0.25, -0.2) is 4.39 Å². The summed E-state index contributed by atoms with van der Waals surface area (Å²) in [4.78, 5) is 26.6. The van der Waals surface area contributed by atoms with E-state index in [0.29, 0.717) is 36.2 Å². The molecule has 0 bridgehead atoms. The summed E-state index contributed by atoms with van der Waals surface area (Å²) in [6.07, 6.45) is 4.92. The third kappa shape index (κ3) is 4.81. The zero-order valence-electron chi connectivity index (χ0n) is 17.2. The summed E-state index contributed by atoms with van der Waals surface area (Å²) < 4.78 is 18.8. The SMILES string of the molecule is COc1ccc(C(=O)N2CCC(Cc3ccc(C(=O)NC4CC4)cc3)CC2)cc1F. The zero-order chi connectivity index (χ0) is 21.1. The van der Waals surface area contributed by atoms with E-state index in [-0.39, 0.29) is 17.6 Å². The van der Waals surface area contributed by atoms with Crippen molar-refractivity contribution in [2.24, 2.45) is 5.92 Å². The van der Waals surface area contributed by atoms with Gasteiger partial charge < -0.3 is 15.0 Å². The van der Waals surface area contributed by atoms with E-state index >= 15 is 0 Å². The monoisotopic (exact) mass is 410 g/mol. The first-order valence-corrected chi connectivity index (χ1v) is 10.6. The number of hydrogen-bond donors (Lipinski definition) is 1. The van der Waals surface area contributed by atoms with Crippen LogP contribution in [-0.2, 0) is 6.42 Å². The molecule has 1 aliphatic heterocycles. The standard InChI is InChI=1S/C24H27FN2O3/c1-30-22-9-6-19(15-21(22)25)24(29)27-12-10-17(11-13-27)14-16-2-4-18(5-3-16)23(28)26-20-7-8-20/h2-6,9,15,17,20H,7-8,10-14H2,1H3,(H,26,28).